The molecule has 0 aromatic rings. The summed E-state index contributed by atoms with van der Waals surface area (Å²) in [5.41, 5.74) is 0. The van der Waals surface area contributed by atoms with Gasteiger partial charge in [-0.05, 0) is 0 Å². The molecule has 0 atom stereocenters. The molecule has 1 nitrogen and oxygen atoms in total. The fourth-order valence-corrected chi connectivity index (χ4v) is 0. The standard InChI is InChI=1S/C3H7N.V/c1-4(2)3;/h1H,2-3H3;. The van der Waals surface area contributed by atoms with E-state index in [-0.39, 0.29) is 0 Å². The second-order valence-corrected chi connectivity index (χ2v) is 1.44. The van der Waals surface area contributed by atoms with Crippen LogP contribution >= 0.6 is 0 Å². The zero-order valence-corrected chi connectivity index (χ0v) is 4.87. The average molecular weight is 108 g/mol. The van der Waals surface area contributed by atoms with Crippen molar-refractivity contribution in [2.75, 3.05) is 14.1 Å². The van der Waals surface area contributed by atoms with Crippen LogP contribution in [0.3, 0.4) is 0 Å². The van der Waals surface area contributed by atoms with Crippen molar-refractivity contribution in [2.45, 2.75) is 0 Å². The van der Waals surface area contributed by atoms with Crippen molar-refractivity contribution in [3.05, 3.63) is 0 Å². The summed E-state index contributed by atoms with van der Waals surface area (Å²) in [4.78, 5) is 3.91. The van der Waals surface area contributed by atoms with Gasteiger partial charge in [-0.15, -0.1) is 0 Å². The fraction of sp³-hybridized carbons (Fsp3) is 0.667. The molecule has 29 valence electrons. The second-order valence-electron chi connectivity index (χ2n) is 1.08. The third-order valence-corrected chi connectivity index (χ3v) is 0.952. The molecule has 0 spiro atoms. The third-order valence-electron chi connectivity index (χ3n) is 0.231. The van der Waals surface area contributed by atoms with Crippen LogP contribution in [-0.4, -0.2) is 23.8 Å². The summed E-state index contributed by atoms with van der Waals surface area (Å²) >= 11 is 2.37. The van der Waals surface area contributed by atoms with Gasteiger partial charge in [-0.2, -0.15) is 0 Å². The van der Waals surface area contributed by atoms with Gasteiger partial charge in [0.25, 0.3) is 0 Å². The molecular formula is C3H7NV. The number of nitrogens with zero attached hydrogens (tertiary/aromatic N) is 1. The van der Waals surface area contributed by atoms with Crippen molar-refractivity contribution >= 4 is 4.85 Å². The summed E-state index contributed by atoms with van der Waals surface area (Å²) in [5, 5.41) is 0. The molecule has 0 heterocycles. The summed E-state index contributed by atoms with van der Waals surface area (Å²) in [5.74, 6) is 0. The molecule has 0 aliphatic carbocycles. The molecule has 0 fully saturated rings. The molecule has 0 aromatic heterocycles. The van der Waals surface area contributed by atoms with Crippen LogP contribution in [0.25, 0.3) is 0 Å². The van der Waals surface area contributed by atoms with Gasteiger partial charge >= 0.3 is 40.8 Å². The van der Waals surface area contributed by atoms with Crippen LogP contribution in [-0.2, 0) is 17.0 Å². The zero-order valence-electron chi connectivity index (χ0n) is 3.47. The van der Waals surface area contributed by atoms with Crippen molar-refractivity contribution in [3.8, 4) is 0 Å². The van der Waals surface area contributed by atoms with Crippen LogP contribution in [0, 0.1) is 0 Å². The van der Waals surface area contributed by atoms with Crippen LogP contribution in [0.1, 0.15) is 0 Å². The number of rotatable bonds is 1. The van der Waals surface area contributed by atoms with E-state index in [1.165, 1.54) is 0 Å². The Labute approximate surface area is 41.5 Å². The van der Waals surface area contributed by atoms with E-state index in [1.54, 1.807) is 0 Å². The second kappa shape index (κ2) is 2.64. The molecule has 0 unspecified atom stereocenters. The molecule has 0 saturated carbocycles. The summed E-state index contributed by atoms with van der Waals surface area (Å²) in [6.07, 6.45) is 0. The minimum absolute atomic E-state index is 1.94. The van der Waals surface area contributed by atoms with Gasteiger partial charge in [0.15, 0.2) is 0 Å². The maximum absolute atomic E-state index is 2.37. The first-order valence-corrected chi connectivity index (χ1v) is 2.22. The normalized spacial score (nSPS) is 8.40. The Bertz CT molecular complexity index is 33.9. The van der Waals surface area contributed by atoms with Crippen LogP contribution in [0.5, 0.6) is 0 Å². The Morgan fingerprint density at radius 2 is 1.80 bits per heavy atom. The molecule has 0 radical (unpaired) electrons. The van der Waals surface area contributed by atoms with E-state index in [1.807, 2.05) is 23.8 Å². The molecule has 0 N–H and O–H groups in total. The summed E-state index contributed by atoms with van der Waals surface area (Å²) in [6.45, 7) is 0. The topological polar surface area (TPSA) is 3.24 Å². The van der Waals surface area contributed by atoms with Crippen molar-refractivity contribution in [1.29, 1.82) is 0 Å². The average Bonchev–Trinajstić information content (AvgIpc) is 1.38. The molecule has 0 rings (SSSR count). The van der Waals surface area contributed by atoms with E-state index in [9.17, 15) is 0 Å². The van der Waals surface area contributed by atoms with E-state index >= 15 is 0 Å². The molecule has 2 heteroatoms. The van der Waals surface area contributed by atoms with Gasteiger partial charge in [-0.3, -0.25) is 0 Å². The maximum atomic E-state index is 2.37. The van der Waals surface area contributed by atoms with Crippen LogP contribution in [0.2, 0.25) is 0 Å². The monoisotopic (exact) mass is 108 g/mol. The molecule has 5 heavy (non-hydrogen) atoms. The molecule has 0 aromatic carbocycles. The Morgan fingerprint density at radius 1 is 1.60 bits per heavy atom. The predicted molar refractivity (Wildman–Crippen MR) is 19.8 cm³/mol. The van der Waals surface area contributed by atoms with E-state index in [4.69, 9.17) is 0 Å². The molecule has 0 aliphatic heterocycles. The first-order valence-electron chi connectivity index (χ1n) is 1.41. The Hall–Kier alpha value is 0.414. The quantitative estimate of drug-likeness (QED) is 0.451. The van der Waals surface area contributed by atoms with E-state index in [2.05, 4.69) is 17.0 Å². The summed E-state index contributed by atoms with van der Waals surface area (Å²) in [6, 6.07) is 0. The fourth-order valence-electron chi connectivity index (χ4n) is 0. The minimum atomic E-state index is 1.94. The molecule has 0 amide bonds. The van der Waals surface area contributed by atoms with Crippen LogP contribution in [0.4, 0.5) is 0 Å². The molecule has 0 aliphatic rings. The van der Waals surface area contributed by atoms with E-state index in [0.717, 1.165) is 0 Å². The van der Waals surface area contributed by atoms with Crippen molar-refractivity contribution in [2.24, 2.45) is 0 Å². The van der Waals surface area contributed by atoms with Crippen LogP contribution in [0.15, 0.2) is 0 Å². The molecule has 0 bridgehead atoms. The van der Waals surface area contributed by atoms with E-state index < -0.39 is 0 Å². The van der Waals surface area contributed by atoms with Gasteiger partial charge in [0.2, 0.25) is 0 Å². The zero-order chi connectivity index (χ0) is 4.28. The number of hydrogen-bond donors (Lipinski definition) is 0. The van der Waals surface area contributed by atoms with Gasteiger partial charge in [-0.1, -0.05) is 0 Å². The van der Waals surface area contributed by atoms with Gasteiger partial charge in [0.1, 0.15) is 0 Å². The van der Waals surface area contributed by atoms with E-state index in [0.29, 0.717) is 0 Å². The first kappa shape index (κ1) is 5.41. The Morgan fingerprint density at radius 3 is 1.80 bits per heavy atom. The third kappa shape index (κ3) is 4.41. The van der Waals surface area contributed by atoms with Gasteiger partial charge in [0.05, 0.1) is 0 Å². The molecule has 0 saturated heterocycles. The van der Waals surface area contributed by atoms with Crippen molar-refractivity contribution < 1.29 is 17.0 Å². The predicted octanol–water partition coefficient (Wildman–Crippen LogP) is -0.145. The molecular weight excluding hydrogens is 101 g/mol. The Balaban J connectivity index is 2.83. The van der Waals surface area contributed by atoms with Crippen molar-refractivity contribution in [3.63, 3.8) is 0 Å². The van der Waals surface area contributed by atoms with Gasteiger partial charge in [-0.25, -0.2) is 0 Å². The van der Waals surface area contributed by atoms with Gasteiger partial charge in [0, 0.05) is 0 Å². The Kier molecular flexibility index (Phi) is 2.86. The summed E-state index contributed by atoms with van der Waals surface area (Å²) < 4.78 is 0. The van der Waals surface area contributed by atoms with Crippen molar-refractivity contribution in [1.82, 2.24) is 4.90 Å². The SMILES string of the molecule is CN(C)[CH]=[V]. The number of hydrogen-bond acceptors (Lipinski definition) is 1. The first-order chi connectivity index (χ1) is 2.27. The van der Waals surface area contributed by atoms with Crippen LogP contribution < -0.4 is 0 Å². The van der Waals surface area contributed by atoms with Gasteiger partial charge < -0.3 is 0 Å². The summed E-state index contributed by atoms with van der Waals surface area (Å²) in [7, 11) is 3.97.